The molecule has 1 aromatic rings. The van der Waals surface area contributed by atoms with E-state index < -0.39 is 5.97 Å². The first-order valence-electron chi connectivity index (χ1n) is 5.97. The second kappa shape index (κ2) is 4.64. The molecule has 1 aromatic heterocycles. The van der Waals surface area contributed by atoms with E-state index >= 15 is 0 Å². The summed E-state index contributed by atoms with van der Waals surface area (Å²) in [6.45, 7) is 2.05. The number of nitrogens with zero attached hydrogens (tertiary/aromatic N) is 1. The smallest absolute Gasteiger partial charge is 0.337 e. The van der Waals surface area contributed by atoms with Gasteiger partial charge in [-0.3, -0.25) is 4.98 Å². The topological polar surface area (TPSA) is 50.2 Å². The molecule has 0 bridgehead atoms. The molecule has 0 atom stereocenters. The van der Waals surface area contributed by atoms with Crippen LogP contribution in [0.5, 0.6) is 0 Å². The molecule has 0 saturated heterocycles. The van der Waals surface area contributed by atoms with Gasteiger partial charge in [0, 0.05) is 5.69 Å². The van der Waals surface area contributed by atoms with Gasteiger partial charge in [-0.1, -0.05) is 13.3 Å². The second-order valence-corrected chi connectivity index (χ2v) is 4.35. The van der Waals surface area contributed by atoms with E-state index in [1.54, 1.807) is 0 Å². The average molecular weight is 219 g/mol. The van der Waals surface area contributed by atoms with Crippen molar-refractivity contribution < 1.29 is 9.90 Å². The molecule has 16 heavy (non-hydrogen) atoms. The maximum atomic E-state index is 11.1. The summed E-state index contributed by atoms with van der Waals surface area (Å²) < 4.78 is 0. The first kappa shape index (κ1) is 11.1. The number of carbonyl (C=O) groups is 1. The van der Waals surface area contributed by atoms with Crippen LogP contribution in [0.15, 0.2) is 6.07 Å². The van der Waals surface area contributed by atoms with Gasteiger partial charge in [-0.25, -0.2) is 4.79 Å². The van der Waals surface area contributed by atoms with Crippen molar-refractivity contribution in [1.82, 2.24) is 4.98 Å². The molecule has 0 radical (unpaired) electrons. The molecule has 1 aliphatic carbocycles. The highest BCUT2D eigenvalue weighted by atomic mass is 16.4. The van der Waals surface area contributed by atoms with E-state index in [-0.39, 0.29) is 0 Å². The fourth-order valence-corrected chi connectivity index (χ4v) is 2.29. The fourth-order valence-electron chi connectivity index (χ4n) is 2.29. The Morgan fingerprint density at radius 1 is 1.44 bits per heavy atom. The predicted octanol–water partition coefficient (Wildman–Crippen LogP) is 2.61. The normalized spacial score (nSPS) is 14.6. The largest absolute Gasteiger partial charge is 0.478 e. The van der Waals surface area contributed by atoms with Gasteiger partial charge in [-0.05, 0) is 43.7 Å². The van der Waals surface area contributed by atoms with Crippen LogP contribution >= 0.6 is 0 Å². The SMILES string of the molecule is CCCc1nc2c(cc1C(=O)O)CCCC2. The summed E-state index contributed by atoms with van der Waals surface area (Å²) in [5.41, 5.74) is 3.43. The van der Waals surface area contributed by atoms with Crippen molar-refractivity contribution >= 4 is 5.97 Å². The molecule has 0 amide bonds. The maximum absolute atomic E-state index is 11.1. The Kier molecular flexibility index (Phi) is 3.22. The number of hydrogen-bond donors (Lipinski definition) is 1. The van der Waals surface area contributed by atoms with Crippen LogP contribution in [0.3, 0.4) is 0 Å². The Morgan fingerprint density at radius 3 is 2.88 bits per heavy atom. The summed E-state index contributed by atoms with van der Waals surface area (Å²) in [4.78, 5) is 15.7. The minimum Gasteiger partial charge on any atom is -0.478 e. The van der Waals surface area contributed by atoms with Crippen molar-refractivity contribution in [1.29, 1.82) is 0 Å². The molecular formula is C13H17NO2. The summed E-state index contributed by atoms with van der Waals surface area (Å²) in [7, 11) is 0. The van der Waals surface area contributed by atoms with E-state index in [2.05, 4.69) is 4.98 Å². The first-order chi connectivity index (χ1) is 7.72. The van der Waals surface area contributed by atoms with Crippen LogP contribution in [-0.2, 0) is 19.3 Å². The zero-order valence-electron chi connectivity index (χ0n) is 9.62. The third-order valence-corrected chi connectivity index (χ3v) is 3.10. The van der Waals surface area contributed by atoms with Gasteiger partial charge in [-0.2, -0.15) is 0 Å². The molecule has 0 aromatic carbocycles. The predicted molar refractivity (Wildman–Crippen MR) is 61.8 cm³/mol. The lowest BCUT2D eigenvalue weighted by Crippen LogP contribution is -2.13. The Morgan fingerprint density at radius 2 is 2.19 bits per heavy atom. The molecule has 0 spiro atoms. The highest BCUT2D eigenvalue weighted by Crippen LogP contribution is 2.23. The van der Waals surface area contributed by atoms with E-state index in [1.165, 1.54) is 6.42 Å². The molecule has 0 unspecified atom stereocenters. The van der Waals surface area contributed by atoms with E-state index in [0.717, 1.165) is 49.1 Å². The standard InChI is InChI=1S/C13H17NO2/c1-2-5-12-10(13(15)16)8-9-6-3-4-7-11(9)14-12/h8H,2-7H2,1H3,(H,15,16). The second-order valence-electron chi connectivity index (χ2n) is 4.35. The Balaban J connectivity index is 2.45. The lowest BCUT2D eigenvalue weighted by molar-refractivity contribution is 0.0695. The maximum Gasteiger partial charge on any atom is 0.337 e. The van der Waals surface area contributed by atoms with E-state index in [4.69, 9.17) is 5.11 Å². The number of aromatic carboxylic acids is 1. The van der Waals surface area contributed by atoms with Crippen molar-refractivity contribution in [2.75, 3.05) is 0 Å². The minimum absolute atomic E-state index is 0.405. The Labute approximate surface area is 95.5 Å². The van der Waals surface area contributed by atoms with E-state index in [0.29, 0.717) is 5.56 Å². The monoisotopic (exact) mass is 219 g/mol. The van der Waals surface area contributed by atoms with Gasteiger partial charge in [0.05, 0.1) is 11.3 Å². The lowest BCUT2D eigenvalue weighted by atomic mass is 9.93. The highest BCUT2D eigenvalue weighted by molar-refractivity contribution is 5.89. The summed E-state index contributed by atoms with van der Waals surface area (Å²) in [6.07, 6.45) is 6.01. The van der Waals surface area contributed by atoms with Gasteiger partial charge in [-0.15, -0.1) is 0 Å². The van der Waals surface area contributed by atoms with Crippen molar-refractivity contribution in [2.24, 2.45) is 0 Å². The Bertz CT molecular complexity index is 413. The van der Waals surface area contributed by atoms with E-state index in [1.807, 2.05) is 13.0 Å². The van der Waals surface area contributed by atoms with Gasteiger partial charge >= 0.3 is 5.97 Å². The van der Waals surface area contributed by atoms with Gasteiger partial charge in [0.1, 0.15) is 0 Å². The quantitative estimate of drug-likeness (QED) is 0.850. The van der Waals surface area contributed by atoms with Crippen LogP contribution < -0.4 is 0 Å². The molecule has 0 fully saturated rings. The zero-order valence-corrected chi connectivity index (χ0v) is 9.62. The van der Waals surface area contributed by atoms with Gasteiger partial charge < -0.3 is 5.11 Å². The number of fused-ring (bicyclic) bond motifs is 1. The van der Waals surface area contributed by atoms with Crippen LogP contribution in [0.4, 0.5) is 0 Å². The van der Waals surface area contributed by atoms with Gasteiger partial charge in [0.15, 0.2) is 0 Å². The summed E-state index contributed by atoms with van der Waals surface area (Å²) in [5.74, 6) is -0.843. The molecule has 3 heteroatoms. The lowest BCUT2D eigenvalue weighted by Gasteiger charge is -2.17. The van der Waals surface area contributed by atoms with Gasteiger partial charge in [0.2, 0.25) is 0 Å². The fraction of sp³-hybridized carbons (Fsp3) is 0.538. The van der Waals surface area contributed by atoms with Crippen molar-refractivity contribution in [3.63, 3.8) is 0 Å². The number of hydrogen-bond acceptors (Lipinski definition) is 2. The van der Waals surface area contributed by atoms with Crippen LogP contribution in [0.1, 0.15) is 53.5 Å². The molecular weight excluding hydrogens is 202 g/mol. The third-order valence-electron chi connectivity index (χ3n) is 3.10. The summed E-state index contributed by atoms with van der Waals surface area (Å²) >= 11 is 0. The van der Waals surface area contributed by atoms with Crippen LogP contribution in [0.2, 0.25) is 0 Å². The first-order valence-corrected chi connectivity index (χ1v) is 5.97. The summed E-state index contributed by atoms with van der Waals surface area (Å²) in [6, 6.07) is 1.84. The number of rotatable bonds is 3. The number of aromatic nitrogens is 1. The van der Waals surface area contributed by atoms with Crippen LogP contribution in [0, 0.1) is 0 Å². The van der Waals surface area contributed by atoms with E-state index in [9.17, 15) is 4.79 Å². The number of aryl methyl sites for hydroxylation is 3. The number of carboxylic acids is 1. The van der Waals surface area contributed by atoms with Crippen molar-refractivity contribution in [3.8, 4) is 0 Å². The molecule has 3 nitrogen and oxygen atoms in total. The van der Waals surface area contributed by atoms with Crippen LogP contribution in [-0.4, -0.2) is 16.1 Å². The van der Waals surface area contributed by atoms with Crippen molar-refractivity contribution in [3.05, 3.63) is 28.6 Å². The molecule has 0 saturated carbocycles. The summed E-state index contributed by atoms with van der Waals surface area (Å²) in [5, 5.41) is 9.15. The third kappa shape index (κ3) is 2.08. The minimum atomic E-state index is -0.843. The molecule has 0 aliphatic heterocycles. The average Bonchev–Trinajstić information content (AvgIpc) is 2.28. The van der Waals surface area contributed by atoms with Crippen LogP contribution in [0.25, 0.3) is 0 Å². The number of pyridine rings is 1. The highest BCUT2D eigenvalue weighted by Gasteiger charge is 2.17. The Hall–Kier alpha value is -1.38. The zero-order chi connectivity index (χ0) is 11.5. The number of carboxylic acid groups (broad SMARTS) is 1. The molecule has 1 aliphatic rings. The van der Waals surface area contributed by atoms with Crippen molar-refractivity contribution in [2.45, 2.75) is 45.4 Å². The molecule has 1 heterocycles. The molecule has 2 rings (SSSR count). The molecule has 86 valence electrons. The van der Waals surface area contributed by atoms with Gasteiger partial charge in [0.25, 0.3) is 0 Å². The molecule has 1 N–H and O–H groups in total.